The lowest BCUT2D eigenvalue weighted by Crippen LogP contribution is -2.31. The Morgan fingerprint density at radius 1 is 1.24 bits per heavy atom. The molecule has 0 bridgehead atoms. The van der Waals surface area contributed by atoms with Gasteiger partial charge in [0.05, 0.1) is 16.5 Å². The fourth-order valence-corrected chi connectivity index (χ4v) is 3.95. The Hall–Kier alpha value is -2.12. The van der Waals surface area contributed by atoms with Crippen LogP contribution in [0.3, 0.4) is 0 Å². The standard InChI is InChI=1S/C17H17ClN2O4S/c1-2-24-15-9-8-14(18)16(19-15)17(21)20-25(22,23)13-7-6-11-4-3-5-12(11)10-13/h6-10H,2-5H2,1H3,(H,20,21). The highest BCUT2D eigenvalue weighted by Gasteiger charge is 2.23. The van der Waals surface area contributed by atoms with Crippen LogP contribution in [0.25, 0.3) is 0 Å². The summed E-state index contributed by atoms with van der Waals surface area (Å²) >= 11 is 5.97. The van der Waals surface area contributed by atoms with Gasteiger partial charge in [0.25, 0.3) is 15.9 Å². The van der Waals surface area contributed by atoms with Gasteiger partial charge in [0.2, 0.25) is 5.88 Å². The monoisotopic (exact) mass is 380 g/mol. The Kier molecular flexibility index (Phi) is 4.96. The van der Waals surface area contributed by atoms with Gasteiger partial charge in [-0.2, -0.15) is 0 Å². The van der Waals surface area contributed by atoms with Gasteiger partial charge in [0.1, 0.15) is 0 Å². The molecule has 1 amide bonds. The number of halogens is 1. The number of pyridine rings is 1. The van der Waals surface area contributed by atoms with E-state index < -0.39 is 15.9 Å². The molecular weight excluding hydrogens is 364 g/mol. The van der Waals surface area contributed by atoms with E-state index in [9.17, 15) is 13.2 Å². The van der Waals surface area contributed by atoms with Gasteiger partial charge in [0, 0.05) is 6.07 Å². The van der Waals surface area contributed by atoms with Crippen LogP contribution >= 0.6 is 11.6 Å². The van der Waals surface area contributed by atoms with Crippen molar-refractivity contribution in [3.63, 3.8) is 0 Å². The van der Waals surface area contributed by atoms with Crippen molar-refractivity contribution in [2.24, 2.45) is 0 Å². The van der Waals surface area contributed by atoms with Crippen LogP contribution < -0.4 is 9.46 Å². The minimum Gasteiger partial charge on any atom is -0.478 e. The summed E-state index contributed by atoms with van der Waals surface area (Å²) in [6.45, 7) is 2.14. The summed E-state index contributed by atoms with van der Waals surface area (Å²) in [6, 6.07) is 7.87. The summed E-state index contributed by atoms with van der Waals surface area (Å²) in [5.41, 5.74) is 1.96. The number of amides is 1. The van der Waals surface area contributed by atoms with Gasteiger partial charge in [-0.15, -0.1) is 0 Å². The van der Waals surface area contributed by atoms with Crippen LogP contribution in [0, 0.1) is 0 Å². The van der Waals surface area contributed by atoms with E-state index in [1.807, 2.05) is 4.72 Å². The number of sulfonamides is 1. The smallest absolute Gasteiger partial charge is 0.285 e. The molecule has 1 aliphatic rings. The van der Waals surface area contributed by atoms with Crippen LogP contribution in [0.1, 0.15) is 35.0 Å². The molecule has 1 heterocycles. The van der Waals surface area contributed by atoms with E-state index in [1.54, 1.807) is 19.1 Å². The molecule has 1 aromatic heterocycles. The maximum absolute atomic E-state index is 12.5. The third kappa shape index (κ3) is 3.77. The van der Waals surface area contributed by atoms with E-state index in [0.717, 1.165) is 30.4 Å². The number of hydrogen-bond donors (Lipinski definition) is 1. The van der Waals surface area contributed by atoms with E-state index in [1.165, 1.54) is 18.2 Å². The molecule has 2 aromatic rings. The molecule has 1 N–H and O–H groups in total. The second kappa shape index (κ2) is 7.01. The number of benzene rings is 1. The predicted molar refractivity (Wildman–Crippen MR) is 93.5 cm³/mol. The second-order valence-electron chi connectivity index (χ2n) is 5.63. The van der Waals surface area contributed by atoms with Crippen molar-refractivity contribution in [2.45, 2.75) is 31.1 Å². The molecule has 0 saturated carbocycles. The number of fused-ring (bicyclic) bond motifs is 1. The largest absolute Gasteiger partial charge is 0.478 e. The summed E-state index contributed by atoms with van der Waals surface area (Å²) in [4.78, 5) is 16.4. The van der Waals surface area contributed by atoms with Crippen LogP contribution in [0.5, 0.6) is 5.88 Å². The Morgan fingerprint density at radius 2 is 2.00 bits per heavy atom. The third-order valence-corrected chi connectivity index (χ3v) is 5.57. The van der Waals surface area contributed by atoms with Crippen LogP contribution in [-0.4, -0.2) is 25.9 Å². The van der Waals surface area contributed by atoms with Crippen LogP contribution in [0.2, 0.25) is 5.02 Å². The summed E-state index contributed by atoms with van der Waals surface area (Å²) in [7, 11) is -4.01. The number of aryl methyl sites for hydroxylation is 2. The second-order valence-corrected chi connectivity index (χ2v) is 7.72. The number of nitrogens with zero attached hydrogens (tertiary/aromatic N) is 1. The molecule has 1 aliphatic carbocycles. The predicted octanol–water partition coefficient (Wildman–Crippen LogP) is 2.74. The fourth-order valence-electron chi connectivity index (χ4n) is 2.76. The highest BCUT2D eigenvalue weighted by molar-refractivity contribution is 7.90. The average molecular weight is 381 g/mol. The molecule has 0 aliphatic heterocycles. The SMILES string of the molecule is CCOc1ccc(Cl)c(C(=O)NS(=O)(=O)c2ccc3c(c2)CCC3)n1. The van der Waals surface area contributed by atoms with E-state index in [4.69, 9.17) is 16.3 Å². The number of hydrogen-bond acceptors (Lipinski definition) is 5. The van der Waals surface area contributed by atoms with Gasteiger partial charge in [-0.1, -0.05) is 17.7 Å². The Labute approximate surface area is 151 Å². The minimum absolute atomic E-state index is 0.0464. The molecule has 0 spiro atoms. The lowest BCUT2D eigenvalue weighted by molar-refractivity contribution is 0.0975. The molecule has 0 fully saturated rings. The molecule has 3 rings (SSSR count). The quantitative estimate of drug-likeness (QED) is 0.862. The Balaban J connectivity index is 1.86. The van der Waals surface area contributed by atoms with Gasteiger partial charge < -0.3 is 4.74 Å². The highest BCUT2D eigenvalue weighted by Crippen LogP contribution is 2.25. The zero-order chi connectivity index (χ0) is 18.0. The maximum atomic E-state index is 12.5. The van der Waals surface area contributed by atoms with Crippen molar-refractivity contribution in [1.82, 2.24) is 9.71 Å². The number of carbonyl (C=O) groups excluding carboxylic acids is 1. The van der Waals surface area contributed by atoms with Gasteiger partial charge in [-0.05, 0) is 55.5 Å². The molecule has 1 aromatic carbocycles. The van der Waals surface area contributed by atoms with Crippen molar-refractivity contribution < 1.29 is 17.9 Å². The molecule has 0 unspecified atom stereocenters. The van der Waals surface area contributed by atoms with Crippen LogP contribution in [-0.2, 0) is 22.9 Å². The lowest BCUT2D eigenvalue weighted by Gasteiger charge is -2.10. The van der Waals surface area contributed by atoms with Crippen molar-refractivity contribution >= 4 is 27.5 Å². The lowest BCUT2D eigenvalue weighted by atomic mass is 10.1. The number of nitrogens with one attached hydrogen (secondary N) is 1. The highest BCUT2D eigenvalue weighted by atomic mass is 35.5. The summed E-state index contributed by atoms with van der Waals surface area (Å²) < 4.78 is 32.2. The van der Waals surface area contributed by atoms with Crippen molar-refractivity contribution in [3.8, 4) is 5.88 Å². The fraction of sp³-hybridized carbons (Fsp3) is 0.294. The number of aromatic nitrogens is 1. The van der Waals surface area contributed by atoms with Crippen LogP contribution in [0.15, 0.2) is 35.2 Å². The average Bonchev–Trinajstić information content (AvgIpc) is 3.04. The van der Waals surface area contributed by atoms with Crippen molar-refractivity contribution in [3.05, 3.63) is 52.2 Å². The summed E-state index contributed by atoms with van der Waals surface area (Å²) in [6.07, 6.45) is 2.80. The zero-order valence-electron chi connectivity index (χ0n) is 13.6. The zero-order valence-corrected chi connectivity index (χ0v) is 15.2. The first-order chi connectivity index (χ1) is 11.9. The molecule has 25 heavy (non-hydrogen) atoms. The molecule has 0 radical (unpaired) electrons. The van der Waals surface area contributed by atoms with Gasteiger partial charge in [0.15, 0.2) is 5.69 Å². The van der Waals surface area contributed by atoms with Crippen molar-refractivity contribution in [2.75, 3.05) is 6.61 Å². The van der Waals surface area contributed by atoms with Crippen LogP contribution in [0.4, 0.5) is 0 Å². The summed E-state index contributed by atoms with van der Waals surface area (Å²) in [5, 5.41) is 0.0464. The van der Waals surface area contributed by atoms with Gasteiger partial charge in [-0.25, -0.2) is 18.1 Å². The van der Waals surface area contributed by atoms with Crippen molar-refractivity contribution in [1.29, 1.82) is 0 Å². The van der Waals surface area contributed by atoms with Gasteiger partial charge >= 0.3 is 0 Å². The normalized spacial score (nSPS) is 13.4. The maximum Gasteiger partial charge on any atom is 0.285 e. The molecular formula is C17H17ClN2O4S. The Morgan fingerprint density at radius 3 is 2.76 bits per heavy atom. The van der Waals surface area contributed by atoms with E-state index in [-0.39, 0.29) is 21.5 Å². The number of carbonyl (C=O) groups is 1. The summed E-state index contributed by atoms with van der Waals surface area (Å²) in [5.74, 6) is -0.695. The molecule has 0 saturated heterocycles. The molecule has 8 heteroatoms. The van der Waals surface area contributed by atoms with Gasteiger partial charge in [-0.3, -0.25) is 4.79 Å². The molecule has 132 valence electrons. The van der Waals surface area contributed by atoms with E-state index in [0.29, 0.717) is 6.61 Å². The molecule has 0 atom stereocenters. The topological polar surface area (TPSA) is 85.4 Å². The van der Waals surface area contributed by atoms with E-state index in [2.05, 4.69) is 4.98 Å². The number of rotatable bonds is 5. The molecule has 6 nitrogen and oxygen atoms in total. The Bertz CT molecular complexity index is 928. The minimum atomic E-state index is -4.01. The first kappa shape index (κ1) is 17.7. The first-order valence-corrected chi connectivity index (χ1v) is 9.75. The number of ether oxygens (including phenoxy) is 1. The first-order valence-electron chi connectivity index (χ1n) is 7.89. The van der Waals surface area contributed by atoms with E-state index >= 15 is 0 Å². The third-order valence-electron chi connectivity index (χ3n) is 3.94.